The van der Waals surface area contributed by atoms with Gasteiger partial charge in [0.25, 0.3) is 0 Å². The van der Waals surface area contributed by atoms with E-state index >= 15 is 0 Å². The predicted octanol–water partition coefficient (Wildman–Crippen LogP) is 0.803. The first kappa shape index (κ1) is 14.0. The number of benzene rings is 1. The maximum absolute atomic E-state index is 12.1. The molecule has 1 heterocycles. The van der Waals surface area contributed by atoms with Gasteiger partial charge in [0, 0.05) is 19.5 Å². The molecule has 1 aromatic rings. The van der Waals surface area contributed by atoms with E-state index in [0.29, 0.717) is 19.5 Å². The van der Waals surface area contributed by atoms with E-state index in [0.717, 1.165) is 5.56 Å². The number of rotatable bonds is 4. The number of carbonyl (C=O) groups excluding carboxylic acids is 1. The largest absolute Gasteiger partial charge is 0.390 e. The Morgan fingerprint density at radius 2 is 2.05 bits per heavy atom. The van der Waals surface area contributed by atoms with Gasteiger partial charge in [-0.3, -0.25) is 4.79 Å². The molecule has 0 spiro atoms. The molecule has 0 aromatic heterocycles. The van der Waals surface area contributed by atoms with Crippen molar-refractivity contribution in [3.8, 4) is 0 Å². The second-order valence-electron chi connectivity index (χ2n) is 5.83. The number of aliphatic hydroxyl groups is 1. The highest BCUT2D eigenvalue weighted by atomic mass is 16.3. The summed E-state index contributed by atoms with van der Waals surface area (Å²) in [7, 11) is 0. The summed E-state index contributed by atoms with van der Waals surface area (Å²) in [6.07, 6.45) is -0.0657. The minimum atomic E-state index is -0.483. The third-order valence-electron chi connectivity index (χ3n) is 3.69. The van der Waals surface area contributed by atoms with Gasteiger partial charge in [-0.05, 0) is 11.0 Å². The van der Waals surface area contributed by atoms with Crippen LogP contribution in [0.25, 0.3) is 0 Å². The Balaban J connectivity index is 1.94. The van der Waals surface area contributed by atoms with Crippen molar-refractivity contribution in [2.75, 3.05) is 13.1 Å². The molecule has 104 valence electrons. The lowest BCUT2D eigenvalue weighted by Crippen LogP contribution is -2.44. The Kier molecular flexibility index (Phi) is 4.22. The molecule has 1 aromatic carbocycles. The highest BCUT2D eigenvalue weighted by Crippen LogP contribution is 2.26. The van der Waals surface area contributed by atoms with Crippen molar-refractivity contribution < 1.29 is 9.90 Å². The smallest absolute Gasteiger partial charge is 0.221 e. The number of β-amino-alcohol motifs (C(OH)–C–C–N with tert-alkyl or cyclic N) is 1. The Morgan fingerprint density at radius 1 is 1.37 bits per heavy atom. The van der Waals surface area contributed by atoms with Gasteiger partial charge in [-0.2, -0.15) is 0 Å². The van der Waals surface area contributed by atoms with Gasteiger partial charge in [-0.1, -0.05) is 44.2 Å². The zero-order chi connectivity index (χ0) is 13.9. The summed E-state index contributed by atoms with van der Waals surface area (Å²) in [6, 6.07) is 9.86. The van der Waals surface area contributed by atoms with E-state index in [1.165, 1.54) is 0 Å². The Labute approximate surface area is 114 Å². The predicted molar refractivity (Wildman–Crippen MR) is 74.9 cm³/mol. The number of nitrogens with one attached hydrogen (secondary N) is 2. The maximum atomic E-state index is 12.1. The van der Waals surface area contributed by atoms with Crippen LogP contribution >= 0.6 is 0 Å². The van der Waals surface area contributed by atoms with Gasteiger partial charge in [0.2, 0.25) is 5.91 Å². The third kappa shape index (κ3) is 3.55. The van der Waals surface area contributed by atoms with E-state index in [9.17, 15) is 9.90 Å². The van der Waals surface area contributed by atoms with Crippen LogP contribution in [0.1, 0.15) is 25.8 Å². The first-order chi connectivity index (χ1) is 8.99. The van der Waals surface area contributed by atoms with Gasteiger partial charge < -0.3 is 15.7 Å². The van der Waals surface area contributed by atoms with Gasteiger partial charge >= 0.3 is 0 Å². The summed E-state index contributed by atoms with van der Waals surface area (Å²) in [4.78, 5) is 12.1. The quantitative estimate of drug-likeness (QED) is 0.752. The maximum Gasteiger partial charge on any atom is 0.221 e. The average Bonchev–Trinajstić information content (AvgIpc) is 2.75. The lowest BCUT2D eigenvalue weighted by atomic mass is 9.81. The Morgan fingerprint density at radius 3 is 2.63 bits per heavy atom. The Bertz CT molecular complexity index is 431. The van der Waals surface area contributed by atoms with E-state index in [2.05, 4.69) is 24.5 Å². The molecular weight excluding hydrogens is 240 g/mol. The van der Waals surface area contributed by atoms with Crippen molar-refractivity contribution in [1.29, 1.82) is 0 Å². The van der Waals surface area contributed by atoms with Crippen LogP contribution in [0.5, 0.6) is 0 Å². The van der Waals surface area contributed by atoms with E-state index in [1.54, 1.807) is 0 Å². The van der Waals surface area contributed by atoms with Crippen LogP contribution in [0.3, 0.4) is 0 Å². The molecule has 1 amide bonds. The number of amides is 1. The lowest BCUT2D eigenvalue weighted by molar-refractivity contribution is -0.123. The van der Waals surface area contributed by atoms with Crippen molar-refractivity contribution in [1.82, 2.24) is 10.6 Å². The second-order valence-corrected chi connectivity index (χ2v) is 5.83. The van der Waals surface area contributed by atoms with E-state index in [4.69, 9.17) is 0 Å². The van der Waals surface area contributed by atoms with Crippen molar-refractivity contribution in [2.24, 2.45) is 0 Å². The normalized spacial score (nSPS) is 23.3. The molecular formula is C15H22N2O2. The molecule has 0 unspecified atom stereocenters. The SMILES string of the molecule is CC(C)(CC(=O)N[C@@H]1CNC[C@H]1O)c1ccccc1. The van der Waals surface area contributed by atoms with E-state index in [-0.39, 0.29) is 17.4 Å². The molecule has 2 atom stereocenters. The summed E-state index contributed by atoms with van der Waals surface area (Å²) < 4.78 is 0. The molecule has 1 aliphatic rings. The minimum absolute atomic E-state index is 0.0124. The van der Waals surface area contributed by atoms with Gasteiger partial charge in [0.15, 0.2) is 0 Å². The van der Waals surface area contributed by atoms with Crippen molar-refractivity contribution in [3.05, 3.63) is 35.9 Å². The van der Waals surface area contributed by atoms with Crippen molar-refractivity contribution >= 4 is 5.91 Å². The average molecular weight is 262 g/mol. The zero-order valence-electron chi connectivity index (χ0n) is 11.5. The summed E-state index contributed by atoms with van der Waals surface area (Å²) >= 11 is 0. The van der Waals surface area contributed by atoms with Crippen LogP contribution in [-0.2, 0) is 10.2 Å². The van der Waals surface area contributed by atoms with Crippen molar-refractivity contribution in [3.63, 3.8) is 0 Å². The van der Waals surface area contributed by atoms with Gasteiger partial charge in [-0.25, -0.2) is 0 Å². The van der Waals surface area contributed by atoms with E-state index in [1.807, 2.05) is 30.3 Å². The molecule has 1 saturated heterocycles. The second kappa shape index (κ2) is 5.72. The topological polar surface area (TPSA) is 61.4 Å². The first-order valence-electron chi connectivity index (χ1n) is 6.73. The number of carbonyl (C=O) groups is 1. The molecule has 0 aliphatic carbocycles. The fourth-order valence-electron chi connectivity index (χ4n) is 2.46. The standard InChI is InChI=1S/C15H22N2O2/c1-15(2,11-6-4-3-5-7-11)8-14(19)17-12-9-16-10-13(12)18/h3-7,12-13,16,18H,8-10H2,1-2H3,(H,17,19)/t12-,13-/m1/s1. The molecule has 4 nitrogen and oxygen atoms in total. The molecule has 2 rings (SSSR count). The summed E-state index contributed by atoms with van der Waals surface area (Å²) in [5, 5.41) is 15.6. The molecule has 1 aliphatic heterocycles. The third-order valence-corrected chi connectivity index (χ3v) is 3.69. The molecule has 0 bridgehead atoms. The van der Waals surface area contributed by atoms with E-state index < -0.39 is 6.10 Å². The fourth-order valence-corrected chi connectivity index (χ4v) is 2.46. The molecule has 4 heteroatoms. The highest BCUT2D eigenvalue weighted by Gasteiger charge is 2.29. The summed E-state index contributed by atoms with van der Waals surface area (Å²) in [6.45, 7) is 5.31. The Hall–Kier alpha value is -1.39. The zero-order valence-corrected chi connectivity index (χ0v) is 11.5. The molecule has 0 saturated carbocycles. The first-order valence-corrected chi connectivity index (χ1v) is 6.73. The summed E-state index contributed by atoms with van der Waals surface area (Å²) in [5.41, 5.74) is 0.942. The van der Waals surface area contributed by atoms with Crippen LogP contribution in [0.15, 0.2) is 30.3 Å². The number of aliphatic hydroxyl groups excluding tert-OH is 1. The minimum Gasteiger partial charge on any atom is -0.390 e. The monoisotopic (exact) mass is 262 g/mol. The number of hydrogen-bond donors (Lipinski definition) is 3. The van der Waals surface area contributed by atoms with Crippen molar-refractivity contribution in [2.45, 2.75) is 37.8 Å². The van der Waals surface area contributed by atoms with Crippen LogP contribution in [0.2, 0.25) is 0 Å². The number of hydrogen-bond acceptors (Lipinski definition) is 3. The van der Waals surface area contributed by atoms with Crippen LogP contribution < -0.4 is 10.6 Å². The lowest BCUT2D eigenvalue weighted by Gasteiger charge is -2.26. The highest BCUT2D eigenvalue weighted by molar-refractivity contribution is 5.78. The fraction of sp³-hybridized carbons (Fsp3) is 0.533. The molecule has 3 N–H and O–H groups in total. The van der Waals surface area contributed by atoms with Crippen LogP contribution in [0, 0.1) is 0 Å². The van der Waals surface area contributed by atoms with Gasteiger partial charge in [0.1, 0.15) is 0 Å². The van der Waals surface area contributed by atoms with Crippen LogP contribution in [0.4, 0.5) is 0 Å². The summed E-state index contributed by atoms with van der Waals surface area (Å²) in [5.74, 6) is -0.0124. The molecule has 19 heavy (non-hydrogen) atoms. The van der Waals surface area contributed by atoms with Gasteiger partial charge in [0.05, 0.1) is 12.1 Å². The van der Waals surface area contributed by atoms with Gasteiger partial charge in [-0.15, -0.1) is 0 Å². The molecule has 0 radical (unpaired) electrons. The van der Waals surface area contributed by atoms with Crippen LogP contribution in [-0.4, -0.2) is 36.2 Å². The molecule has 1 fully saturated rings.